The second-order valence-electron chi connectivity index (χ2n) is 6.76. The monoisotopic (exact) mass is 421 g/mol. The van der Waals surface area contributed by atoms with E-state index < -0.39 is 12.1 Å². The molecule has 0 spiro atoms. The lowest BCUT2D eigenvalue weighted by atomic mass is 9.96. The lowest BCUT2D eigenvalue weighted by Crippen LogP contribution is -2.38. The summed E-state index contributed by atoms with van der Waals surface area (Å²) in [5, 5.41) is 3.51. The summed E-state index contributed by atoms with van der Waals surface area (Å²) in [6.45, 7) is 1.33. The molecule has 0 bridgehead atoms. The SMILES string of the molecule is O=C(Nc1ccccc1OC(F)(F)F)C1CCN(c2nc3ccccc3s2)CC1. The predicted molar refractivity (Wildman–Crippen MR) is 106 cm³/mol. The number of anilines is 2. The number of hydrogen-bond acceptors (Lipinski definition) is 5. The summed E-state index contributed by atoms with van der Waals surface area (Å²) in [5.41, 5.74) is 0.970. The molecule has 0 saturated carbocycles. The van der Waals surface area contributed by atoms with Crippen molar-refractivity contribution in [3.63, 3.8) is 0 Å². The van der Waals surface area contributed by atoms with Crippen LogP contribution in [0.4, 0.5) is 24.0 Å². The standard InChI is InChI=1S/C20H18F3N3O2S/c21-20(22,23)28-16-7-3-1-5-14(16)24-18(27)13-9-11-26(12-10-13)19-25-15-6-2-4-8-17(15)29-19/h1-8,13H,9-12H2,(H,24,27). The Morgan fingerprint density at radius 3 is 2.52 bits per heavy atom. The van der Waals surface area contributed by atoms with Crippen molar-refractivity contribution in [3.8, 4) is 5.75 Å². The van der Waals surface area contributed by atoms with Crippen LogP contribution >= 0.6 is 11.3 Å². The Kier molecular flexibility index (Phi) is 5.31. The summed E-state index contributed by atoms with van der Waals surface area (Å²) < 4.78 is 42.8. The van der Waals surface area contributed by atoms with E-state index in [2.05, 4.69) is 19.9 Å². The average molecular weight is 421 g/mol. The van der Waals surface area contributed by atoms with Crippen molar-refractivity contribution in [3.05, 3.63) is 48.5 Å². The molecule has 29 heavy (non-hydrogen) atoms. The fourth-order valence-corrected chi connectivity index (χ4v) is 4.36. The average Bonchev–Trinajstić information content (AvgIpc) is 3.13. The van der Waals surface area contributed by atoms with Gasteiger partial charge in [0.2, 0.25) is 5.91 Å². The lowest BCUT2D eigenvalue weighted by Gasteiger charge is -2.31. The maximum atomic E-state index is 12.6. The zero-order valence-electron chi connectivity index (χ0n) is 15.3. The Hall–Kier alpha value is -2.81. The van der Waals surface area contributed by atoms with Gasteiger partial charge in [-0.05, 0) is 37.1 Å². The molecule has 0 aliphatic carbocycles. The third kappa shape index (κ3) is 4.61. The van der Waals surface area contributed by atoms with Crippen molar-refractivity contribution in [2.75, 3.05) is 23.3 Å². The van der Waals surface area contributed by atoms with Crippen molar-refractivity contribution in [2.24, 2.45) is 5.92 Å². The number of nitrogens with one attached hydrogen (secondary N) is 1. The highest BCUT2D eigenvalue weighted by molar-refractivity contribution is 7.22. The summed E-state index contributed by atoms with van der Waals surface area (Å²) in [5.74, 6) is -0.994. The minimum absolute atomic E-state index is 0.0171. The van der Waals surface area contributed by atoms with Crippen molar-refractivity contribution < 1.29 is 22.7 Å². The van der Waals surface area contributed by atoms with Crippen LogP contribution in [0.15, 0.2) is 48.5 Å². The largest absolute Gasteiger partial charge is 0.573 e. The number of fused-ring (bicyclic) bond motifs is 1. The molecule has 1 fully saturated rings. The first-order valence-electron chi connectivity index (χ1n) is 9.15. The molecule has 5 nitrogen and oxygen atoms in total. The first kappa shape index (κ1) is 19.5. The van der Waals surface area contributed by atoms with Crippen LogP contribution in [0, 0.1) is 5.92 Å². The molecule has 1 aliphatic rings. The summed E-state index contributed by atoms with van der Waals surface area (Å²) in [6, 6.07) is 13.5. The lowest BCUT2D eigenvalue weighted by molar-refractivity contribution is -0.274. The Morgan fingerprint density at radius 1 is 1.10 bits per heavy atom. The molecule has 1 amide bonds. The molecule has 0 atom stereocenters. The maximum Gasteiger partial charge on any atom is 0.573 e. The van der Waals surface area contributed by atoms with Gasteiger partial charge in [0.15, 0.2) is 10.9 Å². The van der Waals surface area contributed by atoms with Gasteiger partial charge in [-0.2, -0.15) is 0 Å². The second-order valence-corrected chi connectivity index (χ2v) is 7.77. The van der Waals surface area contributed by atoms with Gasteiger partial charge < -0.3 is 15.0 Å². The number of amides is 1. The number of thiazole rings is 1. The van der Waals surface area contributed by atoms with Gasteiger partial charge in [-0.3, -0.25) is 4.79 Å². The van der Waals surface area contributed by atoms with Gasteiger partial charge in [0.1, 0.15) is 0 Å². The molecule has 1 N–H and O–H groups in total. The number of hydrogen-bond donors (Lipinski definition) is 1. The topological polar surface area (TPSA) is 54.5 Å². The summed E-state index contributed by atoms with van der Waals surface area (Å²) in [4.78, 5) is 19.4. The molecule has 0 radical (unpaired) electrons. The Labute approximate surface area is 169 Å². The molecule has 2 aromatic carbocycles. The smallest absolute Gasteiger partial charge is 0.404 e. The molecular formula is C20H18F3N3O2S. The Bertz CT molecular complexity index is 980. The molecule has 4 rings (SSSR count). The van der Waals surface area contributed by atoms with Gasteiger partial charge in [0.25, 0.3) is 0 Å². The van der Waals surface area contributed by atoms with Gasteiger partial charge in [-0.25, -0.2) is 4.98 Å². The van der Waals surface area contributed by atoms with Crippen molar-refractivity contribution in [2.45, 2.75) is 19.2 Å². The second kappa shape index (κ2) is 7.90. The summed E-state index contributed by atoms with van der Waals surface area (Å²) in [6.07, 6.45) is -3.61. The summed E-state index contributed by atoms with van der Waals surface area (Å²) in [7, 11) is 0. The van der Waals surface area contributed by atoms with E-state index in [-0.39, 0.29) is 17.5 Å². The number of rotatable bonds is 4. The van der Waals surface area contributed by atoms with Gasteiger partial charge >= 0.3 is 6.36 Å². The first-order chi connectivity index (χ1) is 13.9. The Morgan fingerprint density at radius 2 is 1.79 bits per heavy atom. The molecule has 3 aromatic rings. The highest BCUT2D eigenvalue weighted by Crippen LogP contribution is 2.33. The number of alkyl halides is 3. The molecule has 2 heterocycles. The van der Waals surface area contributed by atoms with E-state index in [4.69, 9.17) is 0 Å². The molecular weight excluding hydrogens is 403 g/mol. The van der Waals surface area contributed by atoms with E-state index >= 15 is 0 Å². The minimum Gasteiger partial charge on any atom is -0.404 e. The van der Waals surface area contributed by atoms with Crippen LogP contribution in [0.25, 0.3) is 10.2 Å². The van der Waals surface area contributed by atoms with E-state index in [0.717, 1.165) is 15.3 Å². The quantitative estimate of drug-likeness (QED) is 0.641. The van der Waals surface area contributed by atoms with Crippen LogP contribution < -0.4 is 15.0 Å². The number of piperidine rings is 1. The van der Waals surface area contributed by atoms with Gasteiger partial charge in [0.05, 0.1) is 15.9 Å². The van der Waals surface area contributed by atoms with Crippen LogP contribution in [-0.2, 0) is 4.79 Å². The zero-order chi connectivity index (χ0) is 20.4. The number of carbonyl (C=O) groups is 1. The summed E-state index contributed by atoms with van der Waals surface area (Å²) >= 11 is 1.61. The van der Waals surface area contributed by atoms with Crippen molar-refractivity contribution >= 4 is 38.3 Å². The van der Waals surface area contributed by atoms with E-state index in [1.165, 1.54) is 18.2 Å². The van der Waals surface area contributed by atoms with Gasteiger partial charge in [-0.15, -0.1) is 13.2 Å². The molecule has 0 unspecified atom stereocenters. The zero-order valence-corrected chi connectivity index (χ0v) is 16.1. The van der Waals surface area contributed by atoms with Crippen molar-refractivity contribution in [1.29, 1.82) is 0 Å². The van der Waals surface area contributed by atoms with Gasteiger partial charge in [-0.1, -0.05) is 35.6 Å². The number of para-hydroxylation sites is 3. The highest BCUT2D eigenvalue weighted by atomic mass is 32.1. The molecule has 1 aliphatic heterocycles. The fraction of sp³-hybridized carbons (Fsp3) is 0.300. The minimum atomic E-state index is -4.82. The number of halogens is 3. The number of ether oxygens (including phenoxy) is 1. The van der Waals surface area contributed by atoms with Crippen LogP contribution in [-0.4, -0.2) is 30.3 Å². The highest BCUT2D eigenvalue weighted by Gasteiger charge is 2.33. The van der Waals surface area contributed by atoms with E-state index in [9.17, 15) is 18.0 Å². The third-order valence-corrected chi connectivity index (χ3v) is 5.89. The fourth-order valence-electron chi connectivity index (χ4n) is 3.35. The molecule has 152 valence electrons. The van der Waals surface area contributed by atoms with Crippen LogP contribution in [0.2, 0.25) is 0 Å². The molecule has 1 aromatic heterocycles. The van der Waals surface area contributed by atoms with E-state index in [0.29, 0.717) is 25.9 Å². The normalized spacial score (nSPS) is 15.5. The molecule has 9 heteroatoms. The van der Waals surface area contributed by atoms with E-state index in [1.54, 1.807) is 17.4 Å². The number of aromatic nitrogens is 1. The Balaban J connectivity index is 1.38. The van der Waals surface area contributed by atoms with Crippen LogP contribution in [0.1, 0.15) is 12.8 Å². The maximum absolute atomic E-state index is 12.6. The number of nitrogens with zero attached hydrogens (tertiary/aromatic N) is 2. The van der Waals surface area contributed by atoms with Crippen LogP contribution in [0.5, 0.6) is 5.75 Å². The van der Waals surface area contributed by atoms with Crippen LogP contribution in [0.3, 0.4) is 0 Å². The van der Waals surface area contributed by atoms with E-state index in [1.807, 2.05) is 24.3 Å². The first-order valence-corrected chi connectivity index (χ1v) is 9.97. The predicted octanol–water partition coefficient (Wildman–Crippen LogP) is 5.05. The molecule has 1 saturated heterocycles. The number of benzene rings is 2. The van der Waals surface area contributed by atoms with Gasteiger partial charge in [0, 0.05) is 19.0 Å². The van der Waals surface area contributed by atoms with Crippen molar-refractivity contribution in [1.82, 2.24) is 4.98 Å². The third-order valence-electron chi connectivity index (χ3n) is 4.79. The number of carbonyl (C=O) groups excluding carboxylic acids is 1.